The Morgan fingerprint density at radius 3 is 2.50 bits per heavy atom. The maximum absolute atomic E-state index is 13.2. The Morgan fingerprint density at radius 1 is 1.17 bits per heavy atom. The van der Waals surface area contributed by atoms with E-state index in [1.54, 1.807) is 17.9 Å². The van der Waals surface area contributed by atoms with Gasteiger partial charge in [0.05, 0.1) is 25.6 Å². The van der Waals surface area contributed by atoms with Crippen LogP contribution in [0.3, 0.4) is 0 Å². The minimum absolute atomic E-state index is 0.0980. The van der Waals surface area contributed by atoms with Crippen molar-refractivity contribution in [2.45, 2.75) is 64.5 Å². The Hall–Kier alpha value is -2.89. The minimum atomic E-state index is -0.419. The molecule has 1 N–H and O–H groups in total. The molecule has 6 nitrogen and oxygen atoms in total. The summed E-state index contributed by atoms with van der Waals surface area (Å²) in [6.45, 7) is 3.47. The number of benzene rings is 1. The zero-order valence-electron chi connectivity index (χ0n) is 18.1. The lowest BCUT2D eigenvalue weighted by Gasteiger charge is -2.20. The highest BCUT2D eigenvalue weighted by molar-refractivity contribution is 5.81. The van der Waals surface area contributed by atoms with Crippen LogP contribution in [0.15, 0.2) is 47.6 Å². The van der Waals surface area contributed by atoms with Gasteiger partial charge < -0.3 is 10.1 Å². The van der Waals surface area contributed by atoms with Gasteiger partial charge in [0, 0.05) is 13.1 Å². The quantitative estimate of drug-likeness (QED) is 0.785. The largest absolute Gasteiger partial charge is 0.497 e. The molecule has 0 radical (unpaired) electrons. The van der Waals surface area contributed by atoms with E-state index in [0.29, 0.717) is 5.49 Å². The summed E-state index contributed by atoms with van der Waals surface area (Å²) < 4.78 is 6.83. The number of pyridine rings is 1. The molecule has 0 aliphatic heterocycles. The lowest BCUT2D eigenvalue weighted by Crippen LogP contribution is -2.34. The third kappa shape index (κ3) is 5.81. The number of nitrogens with zero attached hydrogens (tertiary/aromatic N) is 2. The number of aromatic nitrogens is 1. The number of hydrogen-bond donors (Lipinski definition) is 1. The highest BCUT2D eigenvalue weighted by Crippen LogP contribution is 2.22. The Labute approximate surface area is 178 Å². The van der Waals surface area contributed by atoms with Crippen LogP contribution in [0, 0.1) is 6.92 Å². The van der Waals surface area contributed by atoms with Crippen LogP contribution in [0.25, 0.3) is 0 Å². The minimum Gasteiger partial charge on any atom is -0.497 e. The number of nitrogens with one attached hydrogen (secondary N) is 1. The standard InChI is InChI=1S/C24H31N3O3/c1-17-13-14-27(23(15-17)26-20-7-5-4-6-8-20)24(29)16-22(25-18(2)28)19-9-11-21(30-3)12-10-19/h9-15,20,22H,4-8,16H2,1-3H3,(H,25,28). The summed E-state index contributed by atoms with van der Waals surface area (Å²) >= 11 is 0. The molecule has 2 aromatic rings. The van der Waals surface area contributed by atoms with E-state index in [1.165, 1.54) is 26.2 Å². The van der Waals surface area contributed by atoms with Crippen LogP contribution in [0.1, 0.15) is 67.4 Å². The number of amides is 1. The number of carbonyl (C=O) groups is 2. The van der Waals surface area contributed by atoms with Crippen molar-refractivity contribution in [2.75, 3.05) is 7.11 Å². The first-order chi connectivity index (χ1) is 14.5. The average Bonchev–Trinajstić information content (AvgIpc) is 2.74. The van der Waals surface area contributed by atoms with Crippen LogP contribution >= 0.6 is 0 Å². The fraction of sp³-hybridized carbons (Fsp3) is 0.458. The lowest BCUT2D eigenvalue weighted by molar-refractivity contribution is -0.119. The molecule has 1 heterocycles. The first-order valence-electron chi connectivity index (χ1n) is 10.6. The predicted octanol–water partition coefficient (Wildman–Crippen LogP) is 3.95. The van der Waals surface area contributed by atoms with Gasteiger partial charge in [-0.3, -0.25) is 19.1 Å². The van der Waals surface area contributed by atoms with Crippen LogP contribution < -0.4 is 15.5 Å². The molecule has 30 heavy (non-hydrogen) atoms. The van der Waals surface area contributed by atoms with Crippen molar-refractivity contribution in [2.24, 2.45) is 4.99 Å². The van der Waals surface area contributed by atoms with Gasteiger partial charge in [-0.2, -0.15) is 0 Å². The normalized spacial score (nSPS) is 16.2. The van der Waals surface area contributed by atoms with Gasteiger partial charge >= 0.3 is 0 Å². The van der Waals surface area contributed by atoms with E-state index in [0.717, 1.165) is 29.7 Å². The summed E-state index contributed by atoms with van der Waals surface area (Å²) in [6, 6.07) is 11.1. The van der Waals surface area contributed by atoms with Gasteiger partial charge in [-0.25, -0.2) is 0 Å². The van der Waals surface area contributed by atoms with E-state index < -0.39 is 6.04 Å². The summed E-state index contributed by atoms with van der Waals surface area (Å²) in [5, 5.41) is 2.90. The summed E-state index contributed by atoms with van der Waals surface area (Å²) in [6.07, 6.45) is 7.72. The molecule has 1 unspecified atom stereocenters. The molecule has 6 heteroatoms. The van der Waals surface area contributed by atoms with Crippen molar-refractivity contribution in [1.29, 1.82) is 0 Å². The van der Waals surface area contributed by atoms with Crippen molar-refractivity contribution in [3.05, 3.63) is 59.2 Å². The van der Waals surface area contributed by atoms with Gasteiger partial charge in [0.15, 0.2) is 0 Å². The van der Waals surface area contributed by atoms with Crippen LogP contribution in [0.5, 0.6) is 5.75 Å². The first kappa shape index (κ1) is 21.8. The molecule has 1 aliphatic carbocycles. The highest BCUT2D eigenvalue weighted by atomic mass is 16.5. The predicted molar refractivity (Wildman–Crippen MR) is 116 cm³/mol. The maximum atomic E-state index is 13.2. The second-order valence-corrected chi connectivity index (χ2v) is 7.98. The van der Waals surface area contributed by atoms with Crippen LogP contribution in [-0.2, 0) is 4.79 Å². The monoisotopic (exact) mass is 409 g/mol. The molecule has 1 fully saturated rings. The van der Waals surface area contributed by atoms with Crippen molar-refractivity contribution in [3.8, 4) is 5.75 Å². The number of ether oxygens (including phenoxy) is 1. The molecule has 0 spiro atoms. The van der Waals surface area contributed by atoms with Crippen LogP contribution in [-0.4, -0.2) is 29.5 Å². The SMILES string of the molecule is COc1ccc(C(CC(=O)n2ccc(C)cc2=NC2CCCCC2)NC(C)=O)cc1. The van der Waals surface area contributed by atoms with Crippen molar-refractivity contribution < 1.29 is 14.3 Å². The molecule has 160 valence electrons. The maximum Gasteiger partial charge on any atom is 0.234 e. The third-order valence-corrected chi connectivity index (χ3v) is 5.52. The zero-order chi connectivity index (χ0) is 21.5. The van der Waals surface area contributed by atoms with Crippen LogP contribution in [0.4, 0.5) is 0 Å². The second kappa shape index (κ2) is 10.2. The molecule has 1 aromatic carbocycles. The van der Waals surface area contributed by atoms with Gasteiger partial charge in [0.25, 0.3) is 0 Å². The average molecular weight is 410 g/mol. The molecular formula is C24H31N3O3. The Bertz CT molecular complexity index is 941. The van der Waals surface area contributed by atoms with Gasteiger partial charge in [0.1, 0.15) is 11.2 Å². The number of rotatable bonds is 6. The van der Waals surface area contributed by atoms with Crippen molar-refractivity contribution >= 4 is 11.8 Å². The fourth-order valence-corrected chi connectivity index (χ4v) is 3.90. The molecule has 1 atom stereocenters. The first-order valence-corrected chi connectivity index (χ1v) is 10.6. The molecule has 1 saturated carbocycles. The van der Waals surface area contributed by atoms with Gasteiger partial charge in [0.2, 0.25) is 11.8 Å². The van der Waals surface area contributed by atoms with Gasteiger partial charge in [-0.05, 0) is 55.2 Å². The number of carbonyl (C=O) groups excluding carboxylic acids is 2. The molecule has 1 aliphatic rings. The number of hydrogen-bond acceptors (Lipinski definition) is 4. The lowest BCUT2D eigenvalue weighted by atomic mass is 9.96. The van der Waals surface area contributed by atoms with E-state index in [1.807, 2.05) is 43.3 Å². The fourth-order valence-electron chi connectivity index (χ4n) is 3.90. The van der Waals surface area contributed by atoms with E-state index in [4.69, 9.17) is 9.73 Å². The van der Waals surface area contributed by atoms with E-state index in [2.05, 4.69) is 5.32 Å². The molecule has 1 amide bonds. The Balaban J connectivity index is 1.88. The molecule has 3 rings (SSSR count). The Kier molecular flexibility index (Phi) is 7.44. The second-order valence-electron chi connectivity index (χ2n) is 7.98. The highest BCUT2D eigenvalue weighted by Gasteiger charge is 2.19. The molecular weight excluding hydrogens is 378 g/mol. The molecule has 1 aromatic heterocycles. The Morgan fingerprint density at radius 2 is 1.87 bits per heavy atom. The summed E-state index contributed by atoms with van der Waals surface area (Å²) in [5.74, 6) is 0.455. The number of aryl methyl sites for hydroxylation is 1. The topological polar surface area (TPSA) is 72.7 Å². The summed E-state index contributed by atoms with van der Waals surface area (Å²) in [4.78, 5) is 29.9. The zero-order valence-corrected chi connectivity index (χ0v) is 18.1. The van der Waals surface area contributed by atoms with Crippen molar-refractivity contribution in [3.63, 3.8) is 0 Å². The van der Waals surface area contributed by atoms with Crippen molar-refractivity contribution in [1.82, 2.24) is 9.88 Å². The van der Waals surface area contributed by atoms with Crippen LogP contribution in [0.2, 0.25) is 0 Å². The third-order valence-electron chi connectivity index (χ3n) is 5.52. The van der Waals surface area contributed by atoms with E-state index >= 15 is 0 Å². The molecule has 0 saturated heterocycles. The number of methoxy groups -OCH3 is 1. The summed E-state index contributed by atoms with van der Waals surface area (Å²) in [7, 11) is 1.61. The van der Waals surface area contributed by atoms with Gasteiger partial charge in [-0.15, -0.1) is 0 Å². The molecule has 0 bridgehead atoms. The van der Waals surface area contributed by atoms with Gasteiger partial charge in [-0.1, -0.05) is 31.4 Å². The summed E-state index contributed by atoms with van der Waals surface area (Å²) in [5.41, 5.74) is 2.63. The van der Waals surface area contributed by atoms with E-state index in [-0.39, 0.29) is 24.3 Å². The van der Waals surface area contributed by atoms with E-state index in [9.17, 15) is 9.59 Å². The smallest absolute Gasteiger partial charge is 0.234 e.